The van der Waals surface area contributed by atoms with Gasteiger partial charge in [-0.1, -0.05) is 30.3 Å². The molecule has 0 saturated heterocycles. The lowest BCUT2D eigenvalue weighted by Gasteiger charge is -2.29. The molecule has 174 valence electrons. The summed E-state index contributed by atoms with van der Waals surface area (Å²) in [5.74, 6) is -4.91. The van der Waals surface area contributed by atoms with Crippen LogP contribution in [0.3, 0.4) is 0 Å². The van der Waals surface area contributed by atoms with E-state index in [9.17, 15) is 33.9 Å². The largest absolute Gasteiger partial charge is 0.480 e. The lowest BCUT2D eigenvalue weighted by Crippen LogP contribution is -2.50. The number of carboxylic acid groups (broad SMARTS) is 1. The van der Waals surface area contributed by atoms with Crippen molar-refractivity contribution >= 4 is 46.3 Å². The minimum absolute atomic E-state index is 0.0214. The lowest BCUT2D eigenvalue weighted by molar-refractivity contribution is -0.141. The molecule has 2 aliphatic rings. The zero-order valence-electron chi connectivity index (χ0n) is 18.0. The van der Waals surface area contributed by atoms with E-state index in [1.54, 1.807) is 30.3 Å². The zero-order chi connectivity index (χ0) is 24.9. The first-order chi connectivity index (χ1) is 16.8. The number of benzene rings is 3. The Morgan fingerprint density at radius 2 is 1.31 bits per heavy atom. The van der Waals surface area contributed by atoms with E-state index in [1.807, 2.05) is 0 Å². The van der Waals surface area contributed by atoms with E-state index in [1.165, 1.54) is 24.3 Å². The first-order valence-corrected chi connectivity index (χ1v) is 10.6. The molecule has 2 aliphatic heterocycles. The molecule has 3 aromatic rings. The summed E-state index contributed by atoms with van der Waals surface area (Å²) in [6, 6.07) is 13.0. The third kappa shape index (κ3) is 3.61. The van der Waals surface area contributed by atoms with Gasteiger partial charge < -0.3 is 10.4 Å². The Kier molecular flexibility index (Phi) is 5.13. The van der Waals surface area contributed by atoms with Gasteiger partial charge in [0.05, 0.1) is 0 Å². The molecule has 10 nitrogen and oxygen atoms in total. The fourth-order valence-corrected chi connectivity index (χ4v) is 4.43. The average molecular weight is 471 g/mol. The first-order valence-electron chi connectivity index (χ1n) is 10.6. The Balaban J connectivity index is 1.43. The Labute approximate surface area is 197 Å². The number of carboxylic acids is 1. The molecule has 0 aromatic heterocycles. The van der Waals surface area contributed by atoms with Gasteiger partial charge in [0.2, 0.25) is 5.91 Å². The van der Waals surface area contributed by atoms with Crippen LogP contribution in [0.5, 0.6) is 0 Å². The van der Waals surface area contributed by atoms with E-state index in [4.69, 9.17) is 0 Å². The maximum Gasteiger partial charge on any atom is 0.326 e. The van der Waals surface area contributed by atoms with Crippen LogP contribution in [0.4, 0.5) is 0 Å². The Morgan fingerprint density at radius 1 is 0.800 bits per heavy atom. The van der Waals surface area contributed by atoms with E-state index in [-0.39, 0.29) is 39.4 Å². The predicted molar refractivity (Wildman–Crippen MR) is 121 cm³/mol. The number of nitrogens with one attached hydrogen (secondary N) is 2. The normalized spacial score (nSPS) is 15.1. The van der Waals surface area contributed by atoms with Crippen molar-refractivity contribution in [2.45, 2.75) is 12.5 Å². The summed E-state index contributed by atoms with van der Waals surface area (Å²) in [5.41, 5.74) is 1.15. The van der Waals surface area contributed by atoms with Crippen LogP contribution < -0.4 is 10.6 Å². The molecule has 1 unspecified atom stereocenters. The van der Waals surface area contributed by atoms with E-state index in [0.717, 1.165) is 4.90 Å². The van der Waals surface area contributed by atoms with Crippen molar-refractivity contribution in [3.05, 3.63) is 82.4 Å². The summed E-state index contributed by atoms with van der Waals surface area (Å²) >= 11 is 0. The smallest absolute Gasteiger partial charge is 0.326 e. The number of amides is 5. The number of hydrogen-bond acceptors (Lipinski definition) is 6. The molecular weight excluding hydrogens is 454 g/mol. The number of nitrogens with zero attached hydrogens (tertiary/aromatic N) is 1. The van der Waals surface area contributed by atoms with Gasteiger partial charge in [-0.15, -0.1) is 0 Å². The van der Waals surface area contributed by atoms with Gasteiger partial charge >= 0.3 is 5.97 Å². The molecule has 1 atom stereocenters. The second kappa shape index (κ2) is 8.17. The van der Waals surface area contributed by atoms with E-state index < -0.39 is 48.1 Å². The van der Waals surface area contributed by atoms with Gasteiger partial charge in [0, 0.05) is 39.4 Å². The molecule has 0 aliphatic carbocycles. The van der Waals surface area contributed by atoms with Crippen molar-refractivity contribution in [2.24, 2.45) is 0 Å². The monoisotopic (exact) mass is 471 g/mol. The second-order valence-corrected chi connectivity index (χ2v) is 8.20. The highest BCUT2D eigenvalue weighted by Crippen LogP contribution is 2.35. The standard InChI is InChI=1S/C25H17N3O7/c29-18(26-17(25(34)35)10-12-4-2-1-3-5-12)11-28-23(32)15-8-6-13-19-14(22(31)27-21(13)30)7-9-16(20(15)19)24(28)33/h1-9,17H,10-11H2,(H,26,29)(H,34,35)(H,27,30,31). The summed E-state index contributed by atoms with van der Waals surface area (Å²) in [5, 5.41) is 14.5. The minimum Gasteiger partial charge on any atom is -0.480 e. The van der Waals surface area contributed by atoms with Crippen molar-refractivity contribution in [2.75, 3.05) is 6.54 Å². The van der Waals surface area contributed by atoms with Crippen molar-refractivity contribution < 1.29 is 33.9 Å². The van der Waals surface area contributed by atoms with Crippen LogP contribution in [0.2, 0.25) is 0 Å². The first kappa shape index (κ1) is 22.0. The van der Waals surface area contributed by atoms with Crippen molar-refractivity contribution in [1.29, 1.82) is 0 Å². The Bertz CT molecular complexity index is 1410. The van der Waals surface area contributed by atoms with Gasteiger partial charge in [-0.2, -0.15) is 0 Å². The third-order valence-corrected chi connectivity index (χ3v) is 6.05. The summed E-state index contributed by atoms with van der Waals surface area (Å²) in [6.45, 7) is -0.694. The number of hydrogen-bond donors (Lipinski definition) is 3. The molecule has 0 saturated carbocycles. The summed E-state index contributed by atoms with van der Waals surface area (Å²) in [7, 11) is 0. The number of carbonyl (C=O) groups is 6. The van der Waals surface area contributed by atoms with Crippen LogP contribution in [0.15, 0.2) is 54.6 Å². The fraction of sp³-hybridized carbons (Fsp3) is 0.120. The number of aliphatic carboxylic acids is 1. The molecular formula is C25H17N3O7. The van der Waals surface area contributed by atoms with Crippen LogP contribution in [0, 0.1) is 0 Å². The van der Waals surface area contributed by atoms with Gasteiger partial charge in [-0.25, -0.2) is 4.79 Å². The molecule has 0 bridgehead atoms. The van der Waals surface area contributed by atoms with E-state index in [2.05, 4.69) is 10.6 Å². The topological polar surface area (TPSA) is 150 Å². The van der Waals surface area contributed by atoms with Crippen molar-refractivity contribution in [3.8, 4) is 0 Å². The highest BCUT2D eigenvalue weighted by Gasteiger charge is 2.38. The number of imide groups is 2. The van der Waals surface area contributed by atoms with Gasteiger partial charge in [0.15, 0.2) is 0 Å². The second-order valence-electron chi connectivity index (χ2n) is 8.20. The van der Waals surface area contributed by atoms with Gasteiger partial charge in [0.1, 0.15) is 12.6 Å². The summed E-state index contributed by atoms with van der Waals surface area (Å²) in [6.07, 6.45) is 0.0214. The quantitative estimate of drug-likeness (QED) is 0.456. The fourth-order valence-electron chi connectivity index (χ4n) is 4.43. The molecule has 35 heavy (non-hydrogen) atoms. The van der Waals surface area contributed by atoms with Crippen LogP contribution in [0.1, 0.15) is 47.0 Å². The van der Waals surface area contributed by atoms with Crippen molar-refractivity contribution in [3.63, 3.8) is 0 Å². The maximum absolute atomic E-state index is 13.2. The number of carbonyl (C=O) groups excluding carboxylic acids is 5. The van der Waals surface area contributed by atoms with Gasteiger partial charge in [0.25, 0.3) is 23.6 Å². The van der Waals surface area contributed by atoms with E-state index in [0.29, 0.717) is 5.56 Å². The predicted octanol–water partition coefficient (Wildman–Crippen LogP) is 1.13. The van der Waals surface area contributed by atoms with Crippen LogP contribution in [-0.2, 0) is 16.0 Å². The Morgan fingerprint density at radius 3 is 1.86 bits per heavy atom. The molecule has 0 spiro atoms. The van der Waals surface area contributed by atoms with Crippen LogP contribution in [-0.4, -0.2) is 58.1 Å². The summed E-state index contributed by atoms with van der Waals surface area (Å²) in [4.78, 5) is 76.0. The van der Waals surface area contributed by atoms with Gasteiger partial charge in [-0.3, -0.25) is 34.2 Å². The van der Waals surface area contributed by atoms with Crippen LogP contribution >= 0.6 is 0 Å². The zero-order valence-corrected chi connectivity index (χ0v) is 18.0. The molecule has 5 amide bonds. The Hall–Kier alpha value is -4.86. The molecule has 0 radical (unpaired) electrons. The molecule has 0 fully saturated rings. The lowest BCUT2D eigenvalue weighted by atomic mass is 9.86. The SMILES string of the molecule is O=C(CN1C(=O)c2ccc3c4c(ccc(c24)C1=O)C(=O)NC3=O)NC(Cc1ccccc1)C(=O)O. The molecule has 10 heteroatoms. The molecule has 3 aromatic carbocycles. The highest BCUT2D eigenvalue weighted by molar-refractivity contribution is 6.33. The molecule has 3 N–H and O–H groups in total. The maximum atomic E-state index is 13.2. The highest BCUT2D eigenvalue weighted by atomic mass is 16.4. The van der Waals surface area contributed by atoms with Crippen LogP contribution in [0.25, 0.3) is 10.8 Å². The third-order valence-electron chi connectivity index (χ3n) is 6.05. The average Bonchev–Trinajstić information content (AvgIpc) is 2.84. The van der Waals surface area contributed by atoms with Gasteiger partial charge in [-0.05, 0) is 29.8 Å². The minimum atomic E-state index is -1.26. The van der Waals surface area contributed by atoms with E-state index >= 15 is 0 Å². The summed E-state index contributed by atoms with van der Waals surface area (Å²) < 4.78 is 0. The van der Waals surface area contributed by atoms with Crippen molar-refractivity contribution in [1.82, 2.24) is 15.5 Å². The molecule has 5 rings (SSSR count). The molecule has 2 heterocycles. The number of rotatable bonds is 6.